The van der Waals surface area contributed by atoms with Crippen molar-refractivity contribution in [3.05, 3.63) is 48.4 Å². The summed E-state index contributed by atoms with van der Waals surface area (Å²) in [6.07, 6.45) is 3.12. The van der Waals surface area contributed by atoms with Gasteiger partial charge in [0.25, 0.3) is 0 Å². The molecule has 1 aromatic carbocycles. The third-order valence-electron chi connectivity index (χ3n) is 3.91. The summed E-state index contributed by atoms with van der Waals surface area (Å²) in [5.41, 5.74) is 0.885. The van der Waals surface area contributed by atoms with Crippen LogP contribution in [0.3, 0.4) is 0 Å². The van der Waals surface area contributed by atoms with Crippen molar-refractivity contribution in [1.29, 1.82) is 0 Å². The molecule has 2 aromatic heterocycles. The zero-order valence-corrected chi connectivity index (χ0v) is 14.9. The molecule has 0 aliphatic rings. The number of rotatable bonds is 8. The van der Waals surface area contributed by atoms with Crippen LogP contribution in [-0.2, 0) is 17.8 Å². The minimum absolute atomic E-state index is 0.0944. The van der Waals surface area contributed by atoms with E-state index < -0.39 is 0 Å². The SMILES string of the molecule is CCCn1ncnc1[C@H](C)NC(=O)CCc1nc(-c2ccccc2)no1. The normalized spacial score (nSPS) is 12.1. The van der Waals surface area contributed by atoms with Crippen LogP contribution in [0, 0.1) is 0 Å². The molecule has 0 saturated carbocycles. The van der Waals surface area contributed by atoms with Crippen molar-refractivity contribution in [2.75, 3.05) is 0 Å². The molecule has 0 saturated heterocycles. The molecule has 8 heteroatoms. The smallest absolute Gasteiger partial charge is 0.227 e. The highest BCUT2D eigenvalue weighted by molar-refractivity contribution is 5.76. The minimum atomic E-state index is -0.209. The maximum atomic E-state index is 12.2. The van der Waals surface area contributed by atoms with Crippen LogP contribution < -0.4 is 5.32 Å². The first-order valence-electron chi connectivity index (χ1n) is 8.72. The maximum absolute atomic E-state index is 12.2. The van der Waals surface area contributed by atoms with Crippen molar-refractivity contribution in [1.82, 2.24) is 30.2 Å². The lowest BCUT2D eigenvalue weighted by Gasteiger charge is -2.14. The molecule has 1 N–H and O–H groups in total. The molecule has 0 radical (unpaired) electrons. The van der Waals surface area contributed by atoms with Crippen LogP contribution >= 0.6 is 0 Å². The van der Waals surface area contributed by atoms with Crippen molar-refractivity contribution < 1.29 is 9.32 Å². The Kier molecular flexibility index (Phi) is 5.73. The van der Waals surface area contributed by atoms with Gasteiger partial charge in [-0.1, -0.05) is 42.4 Å². The number of nitrogens with one attached hydrogen (secondary N) is 1. The van der Waals surface area contributed by atoms with Gasteiger partial charge in [-0.3, -0.25) is 4.79 Å². The molecule has 3 aromatic rings. The quantitative estimate of drug-likeness (QED) is 0.667. The third-order valence-corrected chi connectivity index (χ3v) is 3.91. The third kappa shape index (κ3) is 4.33. The summed E-state index contributed by atoms with van der Waals surface area (Å²) >= 11 is 0. The molecule has 1 amide bonds. The Morgan fingerprint density at radius 2 is 2.12 bits per heavy atom. The van der Waals surface area contributed by atoms with Crippen molar-refractivity contribution >= 4 is 5.91 Å². The molecule has 0 fully saturated rings. The zero-order chi connectivity index (χ0) is 18.4. The standard InChI is InChI=1S/C18H22N6O2/c1-3-11-24-18(19-12-20-24)13(2)21-15(25)9-10-16-22-17(23-26-16)14-7-5-4-6-8-14/h4-8,12-13H,3,9-11H2,1-2H3,(H,21,25)/t13-/m0/s1. The van der Waals surface area contributed by atoms with Crippen molar-refractivity contribution in [2.24, 2.45) is 0 Å². The number of carbonyl (C=O) groups excluding carboxylic acids is 1. The first-order valence-corrected chi connectivity index (χ1v) is 8.72. The van der Waals surface area contributed by atoms with Gasteiger partial charge in [0.2, 0.25) is 17.6 Å². The average Bonchev–Trinajstić information content (AvgIpc) is 3.30. The predicted octanol–water partition coefficient (Wildman–Crippen LogP) is 2.55. The van der Waals surface area contributed by atoms with E-state index in [2.05, 4.69) is 32.5 Å². The van der Waals surface area contributed by atoms with E-state index in [1.807, 2.05) is 41.9 Å². The van der Waals surface area contributed by atoms with Crippen LogP contribution in [0.1, 0.15) is 44.4 Å². The number of benzene rings is 1. The van der Waals surface area contributed by atoms with Crippen molar-refractivity contribution in [2.45, 2.75) is 45.7 Å². The molecular weight excluding hydrogens is 332 g/mol. The molecule has 3 rings (SSSR count). The van der Waals surface area contributed by atoms with E-state index in [1.54, 1.807) is 0 Å². The number of amides is 1. The highest BCUT2D eigenvalue weighted by Crippen LogP contribution is 2.15. The van der Waals surface area contributed by atoms with Crippen LogP contribution in [0.25, 0.3) is 11.4 Å². The van der Waals surface area contributed by atoms with Crippen LogP contribution in [0.2, 0.25) is 0 Å². The van der Waals surface area contributed by atoms with Gasteiger partial charge in [-0.25, -0.2) is 9.67 Å². The van der Waals surface area contributed by atoms with Gasteiger partial charge >= 0.3 is 0 Å². The highest BCUT2D eigenvalue weighted by Gasteiger charge is 2.16. The van der Waals surface area contributed by atoms with Gasteiger partial charge in [-0.05, 0) is 13.3 Å². The number of nitrogens with zero attached hydrogens (tertiary/aromatic N) is 5. The molecular formula is C18H22N6O2. The Morgan fingerprint density at radius 1 is 1.31 bits per heavy atom. The van der Waals surface area contributed by atoms with Gasteiger partial charge in [0.05, 0.1) is 6.04 Å². The Hall–Kier alpha value is -3.03. The van der Waals surface area contributed by atoms with E-state index in [-0.39, 0.29) is 18.4 Å². The highest BCUT2D eigenvalue weighted by atomic mass is 16.5. The summed E-state index contributed by atoms with van der Waals surface area (Å²) in [5, 5.41) is 11.1. The average molecular weight is 354 g/mol. The van der Waals surface area contributed by atoms with Crippen LogP contribution in [-0.4, -0.2) is 30.8 Å². The van der Waals surface area contributed by atoms with Gasteiger partial charge in [0, 0.05) is 24.9 Å². The molecule has 1 atom stereocenters. The molecule has 0 bridgehead atoms. The van der Waals surface area contributed by atoms with E-state index >= 15 is 0 Å². The first-order chi connectivity index (χ1) is 12.7. The number of hydrogen-bond donors (Lipinski definition) is 1. The summed E-state index contributed by atoms with van der Waals surface area (Å²) in [6.45, 7) is 4.75. The van der Waals surface area contributed by atoms with Crippen LogP contribution in [0.15, 0.2) is 41.2 Å². The molecule has 136 valence electrons. The molecule has 26 heavy (non-hydrogen) atoms. The van der Waals surface area contributed by atoms with Gasteiger partial charge in [0.15, 0.2) is 0 Å². The van der Waals surface area contributed by atoms with Crippen LogP contribution in [0.4, 0.5) is 0 Å². The van der Waals surface area contributed by atoms with Gasteiger partial charge in [-0.15, -0.1) is 0 Å². The Balaban J connectivity index is 1.53. The van der Waals surface area contributed by atoms with Crippen LogP contribution in [0.5, 0.6) is 0 Å². The molecule has 0 aliphatic heterocycles. The minimum Gasteiger partial charge on any atom is -0.346 e. The van der Waals surface area contributed by atoms with Gasteiger partial charge in [-0.2, -0.15) is 10.1 Å². The Labute approximate surface area is 151 Å². The first kappa shape index (κ1) is 17.8. The monoisotopic (exact) mass is 354 g/mol. The summed E-state index contributed by atoms with van der Waals surface area (Å²) < 4.78 is 7.04. The van der Waals surface area contributed by atoms with E-state index in [0.717, 1.165) is 24.4 Å². The largest absolute Gasteiger partial charge is 0.346 e. The number of aromatic nitrogens is 5. The summed E-state index contributed by atoms with van der Waals surface area (Å²) in [6, 6.07) is 9.37. The lowest BCUT2D eigenvalue weighted by molar-refractivity contribution is -0.121. The van der Waals surface area contributed by atoms with E-state index in [1.165, 1.54) is 6.33 Å². The summed E-state index contributed by atoms with van der Waals surface area (Å²) in [7, 11) is 0. The fraction of sp³-hybridized carbons (Fsp3) is 0.389. The van der Waals surface area contributed by atoms with E-state index in [4.69, 9.17) is 4.52 Å². The second-order valence-electron chi connectivity index (χ2n) is 6.01. The van der Waals surface area contributed by atoms with E-state index in [0.29, 0.717) is 18.1 Å². The molecule has 0 spiro atoms. The fourth-order valence-electron chi connectivity index (χ4n) is 2.65. The predicted molar refractivity (Wildman–Crippen MR) is 94.9 cm³/mol. The lowest BCUT2D eigenvalue weighted by Crippen LogP contribution is -2.29. The Bertz CT molecular complexity index is 842. The van der Waals surface area contributed by atoms with Gasteiger partial charge < -0.3 is 9.84 Å². The molecule has 2 heterocycles. The van der Waals surface area contributed by atoms with E-state index in [9.17, 15) is 4.79 Å². The molecule has 0 unspecified atom stereocenters. The number of carbonyl (C=O) groups is 1. The van der Waals surface area contributed by atoms with Crippen molar-refractivity contribution in [3.8, 4) is 11.4 Å². The second-order valence-corrected chi connectivity index (χ2v) is 6.01. The number of aryl methyl sites for hydroxylation is 2. The lowest BCUT2D eigenvalue weighted by atomic mass is 10.2. The molecule has 8 nitrogen and oxygen atoms in total. The summed E-state index contributed by atoms with van der Waals surface area (Å²) in [4.78, 5) is 20.8. The fourth-order valence-corrected chi connectivity index (χ4v) is 2.65. The topological polar surface area (TPSA) is 98.7 Å². The molecule has 0 aliphatic carbocycles. The second kappa shape index (κ2) is 8.37. The summed E-state index contributed by atoms with van der Waals surface area (Å²) in [5.74, 6) is 1.63. The Morgan fingerprint density at radius 3 is 2.88 bits per heavy atom. The maximum Gasteiger partial charge on any atom is 0.227 e. The number of hydrogen-bond acceptors (Lipinski definition) is 6. The van der Waals surface area contributed by atoms with Crippen molar-refractivity contribution in [3.63, 3.8) is 0 Å². The zero-order valence-electron chi connectivity index (χ0n) is 14.9. The van der Waals surface area contributed by atoms with Gasteiger partial charge in [0.1, 0.15) is 12.2 Å².